The van der Waals surface area contributed by atoms with Gasteiger partial charge >= 0.3 is 12.2 Å². The Hall–Kier alpha value is -3.43. The molecule has 1 aromatic heterocycles. The Morgan fingerprint density at radius 1 is 0.933 bits per heavy atom. The first-order chi connectivity index (χ1) is 21.3. The Balaban J connectivity index is 1.58. The highest BCUT2D eigenvalue weighted by molar-refractivity contribution is 5.99. The third-order valence-electron chi connectivity index (χ3n) is 7.50. The van der Waals surface area contributed by atoms with Crippen LogP contribution >= 0.6 is 0 Å². The van der Waals surface area contributed by atoms with Crippen LogP contribution in [-0.4, -0.2) is 57.5 Å². The third kappa shape index (κ3) is 13.6. The van der Waals surface area contributed by atoms with E-state index in [0.717, 1.165) is 24.8 Å². The van der Waals surface area contributed by atoms with Gasteiger partial charge in [-0.05, 0) is 72.8 Å². The Bertz CT molecular complexity index is 1230. The van der Waals surface area contributed by atoms with Crippen molar-refractivity contribution in [3.8, 4) is 11.4 Å². The van der Waals surface area contributed by atoms with Crippen molar-refractivity contribution in [3.05, 3.63) is 35.7 Å². The predicted octanol–water partition coefficient (Wildman–Crippen LogP) is 8.81. The van der Waals surface area contributed by atoms with Gasteiger partial charge in [0.1, 0.15) is 11.2 Å². The highest BCUT2D eigenvalue weighted by Gasteiger charge is 2.30. The van der Waals surface area contributed by atoms with E-state index in [1.807, 2.05) is 4.90 Å². The number of guanidine groups is 1. The maximum atomic E-state index is 12.6. The lowest BCUT2D eigenvalue weighted by atomic mass is 9.98. The maximum absolute atomic E-state index is 12.6. The summed E-state index contributed by atoms with van der Waals surface area (Å²) in [4.78, 5) is 35.9. The fraction of sp³-hybridized carbons (Fsp3) is 0.686. The molecule has 45 heavy (non-hydrogen) atoms. The third-order valence-corrected chi connectivity index (χ3v) is 7.50. The number of amides is 2. The molecule has 0 bridgehead atoms. The zero-order valence-electron chi connectivity index (χ0n) is 28.6. The van der Waals surface area contributed by atoms with Crippen LogP contribution in [0.15, 0.2) is 33.8 Å². The molecule has 1 aliphatic rings. The number of nitrogens with one attached hydrogen (secondary N) is 1. The van der Waals surface area contributed by atoms with Crippen molar-refractivity contribution in [1.82, 2.24) is 20.4 Å². The number of carbonyl (C=O) groups excluding carboxylic acids is 2. The van der Waals surface area contributed by atoms with Crippen LogP contribution in [0.4, 0.5) is 9.59 Å². The fourth-order valence-corrected chi connectivity index (χ4v) is 5.29. The Morgan fingerprint density at radius 3 is 2.18 bits per heavy atom. The van der Waals surface area contributed by atoms with Crippen LogP contribution < -0.4 is 5.32 Å². The minimum Gasteiger partial charge on any atom is -0.444 e. The zero-order valence-corrected chi connectivity index (χ0v) is 28.6. The Morgan fingerprint density at radius 2 is 1.56 bits per heavy atom. The number of benzene rings is 1. The van der Waals surface area contributed by atoms with Crippen molar-refractivity contribution >= 4 is 18.1 Å². The first-order valence-electron chi connectivity index (χ1n) is 16.8. The van der Waals surface area contributed by atoms with Crippen molar-refractivity contribution in [3.63, 3.8) is 0 Å². The minimum atomic E-state index is -0.794. The fourth-order valence-electron chi connectivity index (χ4n) is 5.29. The summed E-state index contributed by atoms with van der Waals surface area (Å²) in [5.41, 5.74) is 0.792. The molecule has 1 atom stereocenters. The van der Waals surface area contributed by atoms with Crippen LogP contribution in [0.5, 0.6) is 0 Å². The number of carbonyl (C=O) groups is 2. The molecule has 0 radical (unpaired) electrons. The van der Waals surface area contributed by atoms with E-state index >= 15 is 0 Å². The second-order valence-corrected chi connectivity index (χ2v) is 14.1. The van der Waals surface area contributed by atoms with E-state index in [9.17, 15) is 9.59 Å². The number of hydrogen-bond acceptors (Lipinski definition) is 7. The van der Waals surface area contributed by atoms with Crippen LogP contribution in [0.3, 0.4) is 0 Å². The molecule has 1 fully saturated rings. The SMILES string of the molecule is CCCCCCCCCCCc1ccc(-c2noc([C@@H]3CCCN(C(=NC(=O)OC(C)(C)C)NC(=O)OC(C)(C)C)C3)n2)cc1. The van der Waals surface area contributed by atoms with Crippen LogP contribution in [0, 0.1) is 0 Å². The molecule has 1 N–H and O–H groups in total. The minimum absolute atomic E-state index is 0.0745. The molecule has 0 saturated carbocycles. The van der Waals surface area contributed by atoms with Gasteiger partial charge in [0, 0.05) is 18.7 Å². The van der Waals surface area contributed by atoms with Gasteiger partial charge in [-0.15, -0.1) is 4.99 Å². The van der Waals surface area contributed by atoms with Crippen LogP contribution in [-0.2, 0) is 15.9 Å². The van der Waals surface area contributed by atoms with E-state index in [1.54, 1.807) is 41.5 Å². The molecular weight excluding hydrogens is 570 g/mol. The second-order valence-electron chi connectivity index (χ2n) is 14.1. The van der Waals surface area contributed by atoms with Crippen molar-refractivity contribution in [2.45, 2.75) is 143 Å². The Labute approximate surface area is 269 Å². The van der Waals surface area contributed by atoms with Gasteiger partial charge in [0.2, 0.25) is 17.7 Å². The van der Waals surface area contributed by atoms with Gasteiger partial charge in [0.25, 0.3) is 0 Å². The summed E-state index contributed by atoms with van der Waals surface area (Å²) >= 11 is 0. The van der Waals surface area contributed by atoms with Gasteiger partial charge in [0.15, 0.2) is 0 Å². The van der Waals surface area contributed by atoms with Gasteiger partial charge in [-0.25, -0.2) is 9.59 Å². The number of piperidine rings is 1. The van der Waals surface area contributed by atoms with Crippen molar-refractivity contribution in [1.29, 1.82) is 0 Å². The largest absolute Gasteiger partial charge is 0.444 e. The molecule has 2 amide bonds. The van der Waals surface area contributed by atoms with Gasteiger partial charge in [-0.3, -0.25) is 5.32 Å². The van der Waals surface area contributed by atoms with Gasteiger partial charge in [-0.1, -0.05) is 87.7 Å². The summed E-state index contributed by atoms with van der Waals surface area (Å²) in [6, 6.07) is 8.42. The lowest BCUT2D eigenvalue weighted by molar-refractivity contribution is 0.0552. The highest BCUT2D eigenvalue weighted by atomic mass is 16.6. The lowest BCUT2D eigenvalue weighted by Gasteiger charge is -2.33. The maximum Gasteiger partial charge on any atom is 0.437 e. The molecule has 250 valence electrons. The van der Waals surface area contributed by atoms with E-state index in [2.05, 4.69) is 46.7 Å². The molecule has 10 nitrogen and oxygen atoms in total. The summed E-state index contributed by atoms with van der Waals surface area (Å²) < 4.78 is 16.5. The van der Waals surface area contributed by atoms with E-state index in [4.69, 9.17) is 19.0 Å². The zero-order chi connectivity index (χ0) is 32.9. The lowest BCUT2D eigenvalue weighted by Crippen LogP contribution is -2.49. The summed E-state index contributed by atoms with van der Waals surface area (Å²) in [7, 11) is 0. The van der Waals surface area contributed by atoms with E-state index < -0.39 is 23.4 Å². The number of aryl methyl sites for hydroxylation is 1. The smallest absolute Gasteiger partial charge is 0.437 e. The average molecular weight is 626 g/mol. The number of alkyl carbamates (subject to hydrolysis) is 1. The van der Waals surface area contributed by atoms with Crippen LogP contribution in [0.2, 0.25) is 0 Å². The number of likely N-dealkylation sites (tertiary alicyclic amines) is 1. The van der Waals surface area contributed by atoms with E-state index in [-0.39, 0.29) is 11.9 Å². The quantitative estimate of drug-likeness (QED) is 0.141. The van der Waals surface area contributed by atoms with Crippen LogP contribution in [0.1, 0.15) is 136 Å². The molecule has 1 aromatic carbocycles. The Kier molecular flexibility index (Phi) is 13.9. The molecule has 0 unspecified atom stereocenters. The molecular formula is C35H55N5O5. The van der Waals surface area contributed by atoms with Crippen molar-refractivity contribution in [2.75, 3.05) is 13.1 Å². The van der Waals surface area contributed by atoms with E-state index in [0.29, 0.717) is 24.8 Å². The molecule has 1 aliphatic heterocycles. The summed E-state index contributed by atoms with van der Waals surface area (Å²) in [5, 5.41) is 6.91. The normalized spacial score (nSPS) is 16.0. The molecule has 0 aliphatic carbocycles. The molecule has 10 heteroatoms. The van der Waals surface area contributed by atoms with E-state index in [1.165, 1.54) is 63.4 Å². The number of aromatic nitrogens is 2. The summed E-state index contributed by atoms with van der Waals surface area (Å²) in [6.45, 7) is 13.9. The summed E-state index contributed by atoms with van der Waals surface area (Å²) in [5.74, 6) is 1.04. The molecule has 1 saturated heterocycles. The molecule has 0 spiro atoms. The average Bonchev–Trinajstić information content (AvgIpc) is 3.45. The number of nitrogens with zero attached hydrogens (tertiary/aromatic N) is 4. The van der Waals surface area contributed by atoms with Crippen molar-refractivity contribution < 1.29 is 23.6 Å². The molecule has 3 rings (SSSR count). The first kappa shape index (κ1) is 36.0. The first-order valence-corrected chi connectivity index (χ1v) is 16.8. The van der Waals surface area contributed by atoms with Gasteiger partial charge in [0.05, 0.1) is 5.92 Å². The number of hydrogen-bond donors (Lipinski definition) is 1. The van der Waals surface area contributed by atoms with Gasteiger partial charge < -0.3 is 18.9 Å². The van der Waals surface area contributed by atoms with Crippen LogP contribution in [0.25, 0.3) is 11.4 Å². The van der Waals surface area contributed by atoms with Crippen molar-refractivity contribution in [2.24, 2.45) is 4.99 Å². The monoisotopic (exact) mass is 625 g/mol. The molecule has 2 aromatic rings. The highest BCUT2D eigenvalue weighted by Crippen LogP contribution is 2.28. The number of aliphatic imine (C=N–C) groups is 1. The summed E-state index contributed by atoms with van der Waals surface area (Å²) in [6.07, 6.45) is 13.1. The van der Waals surface area contributed by atoms with Gasteiger partial charge in [-0.2, -0.15) is 4.98 Å². The standard InChI is InChI=1S/C35H55N5O5/c1-8-9-10-11-12-13-14-15-16-18-26-20-22-27(23-21-26)29-36-30(45-39-29)28-19-17-24-40(25-28)31(37-32(41)43-34(2,3)4)38-33(42)44-35(5,6)7/h20-23,28H,8-19,24-25H2,1-7H3,(H,37,38,41,42)/t28-/m1/s1. The number of rotatable bonds is 12. The topological polar surface area (TPSA) is 119 Å². The molecule has 2 heterocycles. The second kappa shape index (κ2) is 17.3. The number of unbranched alkanes of at least 4 members (excludes halogenated alkanes) is 8. The predicted molar refractivity (Wildman–Crippen MR) is 177 cm³/mol. The number of ether oxygens (including phenoxy) is 2.